The van der Waals surface area contributed by atoms with Crippen LogP contribution in [0, 0.1) is 0 Å². The first-order valence-electron chi connectivity index (χ1n) is 9.34. The van der Waals surface area contributed by atoms with Crippen LogP contribution < -0.4 is 5.32 Å². The summed E-state index contributed by atoms with van der Waals surface area (Å²) in [7, 11) is -1.88. The highest BCUT2D eigenvalue weighted by Crippen LogP contribution is 2.27. The van der Waals surface area contributed by atoms with Gasteiger partial charge in [0, 0.05) is 25.0 Å². The first-order chi connectivity index (χ1) is 13.4. The van der Waals surface area contributed by atoms with E-state index in [1.54, 1.807) is 37.5 Å². The van der Waals surface area contributed by atoms with Gasteiger partial charge >= 0.3 is 0 Å². The van der Waals surface area contributed by atoms with Gasteiger partial charge in [0.05, 0.1) is 11.3 Å². The van der Waals surface area contributed by atoms with Gasteiger partial charge in [0.2, 0.25) is 15.9 Å². The lowest BCUT2D eigenvalue weighted by Crippen LogP contribution is -2.38. The van der Waals surface area contributed by atoms with Crippen molar-refractivity contribution < 1.29 is 13.2 Å². The Labute approximate surface area is 171 Å². The Morgan fingerprint density at radius 1 is 1.14 bits per heavy atom. The third kappa shape index (κ3) is 5.10. The van der Waals surface area contributed by atoms with Crippen molar-refractivity contribution in [1.29, 1.82) is 0 Å². The summed E-state index contributed by atoms with van der Waals surface area (Å²) >= 11 is 5.74. The number of halogens is 1. The zero-order valence-corrected chi connectivity index (χ0v) is 17.3. The average molecular weight is 422 g/mol. The molecule has 0 spiro atoms. The third-order valence-corrected chi connectivity index (χ3v) is 7.21. The Morgan fingerprint density at radius 3 is 2.43 bits per heavy atom. The van der Waals surface area contributed by atoms with E-state index in [1.807, 2.05) is 0 Å². The van der Waals surface area contributed by atoms with Gasteiger partial charge in [-0.2, -0.15) is 4.31 Å². The molecule has 0 aliphatic heterocycles. The maximum atomic E-state index is 12.9. The first-order valence-corrected chi connectivity index (χ1v) is 11.2. The number of anilines is 1. The number of hydrogen-bond donors (Lipinski definition) is 1. The van der Waals surface area contributed by atoms with Crippen molar-refractivity contribution >= 4 is 33.2 Å². The van der Waals surface area contributed by atoms with E-state index in [0.717, 1.165) is 31.2 Å². The lowest BCUT2D eigenvalue weighted by atomic mass is 9.96. The molecule has 6 nitrogen and oxygen atoms in total. The Morgan fingerprint density at radius 2 is 1.82 bits per heavy atom. The molecule has 28 heavy (non-hydrogen) atoms. The number of amides is 1. The van der Waals surface area contributed by atoms with E-state index in [1.165, 1.54) is 22.9 Å². The van der Waals surface area contributed by atoms with Crippen LogP contribution in [0.5, 0.6) is 0 Å². The molecule has 0 saturated heterocycles. The topological polar surface area (TPSA) is 79.4 Å². The van der Waals surface area contributed by atoms with Crippen LogP contribution in [0.3, 0.4) is 0 Å². The fourth-order valence-electron chi connectivity index (χ4n) is 3.42. The molecule has 1 fully saturated rings. The zero-order chi connectivity index (χ0) is 20.1. The lowest BCUT2D eigenvalue weighted by molar-refractivity contribution is -0.115. The maximum Gasteiger partial charge on any atom is 0.243 e. The molecule has 1 aromatic heterocycles. The molecule has 2 aromatic rings. The standard InChI is InChI=1S/C20H24ClN3O3S/c1-24(17-5-3-2-4-6-17)28(26,27)18-10-8-16(9-11-18)23-20(25)13-15-7-12-19(21)22-14-15/h7-12,14,17H,2-6,13H2,1H3,(H,23,25). The molecule has 8 heteroatoms. The molecule has 1 N–H and O–H groups in total. The summed E-state index contributed by atoms with van der Waals surface area (Å²) < 4.78 is 27.2. The predicted octanol–water partition coefficient (Wildman–Crippen LogP) is 3.87. The molecule has 1 aromatic carbocycles. The number of carbonyl (C=O) groups excluding carboxylic acids is 1. The molecular weight excluding hydrogens is 398 g/mol. The van der Waals surface area contributed by atoms with Gasteiger partial charge in [0.25, 0.3) is 0 Å². The van der Waals surface area contributed by atoms with Gasteiger partial charge in [-0.25, -0.2) is 13.4 Å². The van der Waals surface area contributed by atoms with Crippen LogP contribution in [0.2, 0.25) is 5.15 Å². The largest absolute Gasteiger partial charge is 0.326 e. The molecule has 1 amide bonds. The number of rotatable bonds is 6. The van der Waals surface area contributed by atoms with Gasteiger partial charge in [-0.15, -0.1) is 0 Å². The van der Waals surface area contributed by atoms with E-state index in [2.05, 4.69) is 10.3 Å². The van der Waals surface area contributed by atoms with Crippen molar-refractivity contribution in [2.45, 2.75) is 49.5 Å². The number of hydrogen-bond acceptors (Lipinski definition) is 4. The van der Waals surface area contributed by atoms with Crippen molar-refractivity contribution in [3.8, 4) is 0 Å². The minimum atomic E-state index is -3.54. The summed E-state index contributed by atoms with van der Waals surface area (Å²) in [6.07, 6.45) is 6.84. The van der Waals surface area contributed by atoms with Crippen LogP contribution in [0.25, 0.3) is 0 Å². The second kappa shape index (κ2) is 9.03. The highest BCUT2D eigenvalue weighted by molar-refractivity contribution is 7.89. The van der Waals surface area contributed by atoms with Crippen molar-refractivity contribution in [2.24, 2.45) is 0 Å². The highest BCUT2D eigenvalue weighted by Gasteiger charge is 2.28. The number of nitrogens with zero attached hydrogens (tertiary/aromatic N) is 2. The normalized spacial score (nSPS) is 15.5. The average Bonchev–Trinajstić information content (AvgIpc) is 2.70. The van der Waals surface area contributed by atoms with Gasteiger partial charge in [-0.3, -0.25) is 4.79 Å². The van der Waals surface area contributed by atoms with Gasteiger partial charge in [0.15, 0.2) is 0 Å². The Balaban J connectivity index is 1.63. The number of aromatic nitrogens is 1. The minimum absolute atomic E-state index is 0.0612. The second-order valence-electron chi connectivity index (χ2n) is 7.05. The summed E-state index contributed by atoms with van der Waals surface area (Å²) in [5.74, 6) is -0.209. The predicted molar refractivity (Wildman–Crippen MR) is 110 cm³/mol. The summed E-state index contributed by atoms with van der Waals surface area (Å²) in [4.78, 5) is 16.3. The van der Waals surface area contributed by atoms with E-state index in [-0.39, 0.29) is 23.3 Å². The van der Waals surface area contributed by atoms with Crippen LogP contribution in [-0.4, -0.2) is 36.7 Å². The number of sulfonamides is 1. The molecule has 150 valence electrons. The maximum absolute atomic E-state index is 12.9. The zero-order valence-electron chi connectivity index (χ0n) is 15.8. The summed E-state index contributed by atoms with van der Waals surface area (Å²) in [6, 6.07) is 9.73. The van der Waals surface area contributed by atoms with Crippen LogP contribution in [0.4, 0.5) is 5.69 Å². The summed E-state index contributed by atoms with van der Waals surface area (Å²) in [6.45, 7) is 0. The third-order valence-electron chi connectivity index (χ3n) is 5.06. The molecular formula is C20H24ClN3O3S. The van der Waals surface area contributed by atoms with E-state index < -0.39 is 10.0 Å². The quantitative estimate of drug-likeness (QED) is 0.718. The second-order valence-corrected chi connectivity index (χ2v) is 9.44. The smallest absolute Gasteiger partial charge is 0.243 e. The Bertz CT molecular complexity index is 909. The van der Waals surface area contributed by atoms with E-state index in [4.69, 9.17) is 11.6 Å². The van der Waals surface area contributed by atoms with Crippen molar-refractivity contribution in [1.82, 2.24) is 9.29 Å². The Hall–Kier alpha value is -1.96. The van der Waals surface area contributed by atoms with Crippen LogP contribution >= 0.6 is 11.6 Å². The fourth-order valence-corrected chi connectivity index (χ4v) is 4.95. The fraction of sp³-hybridized carbons (Fsp3) is 0.400. The van der Waals surface area contributed by atoms with Crippen LogP contribution in [-0.2, 0) is 21.2 Å². The van der Waals surface area contributed by atoms with Crippen molar-refractivity contribution in [3.05, 3.63) is 53.3 Å². The number of carbonyl (C=O) groups is 1. The SMILES string of the molecule is CN(C1CCCCC1)S(=O)(=O)c1ccc(NC(=O)Cc2ccc(Cl)nc2)cc1. The summed E-state index contributed by atoms with van der Waals surface area (Å²) in [5, 5.41) is 3.14. The first kappa shape index (κ1) is 20.8. The minimum Gasteiger partial charge on any atom is -0.326 e. The van der Waals surface area contributed by atoms with E-state index in [9.17, 15) is 13.2 Å². The Kier molecular flexibility index (Phi) is 6.69. The number of nitrogens with one attached hydrogen (secondary N) is 1. The van der Waals surface area contributed by atoms with Crippen molar-refractivity contribution in [3.63, 3.8) is 0 Å². The number of benzene rings is 1. The van der Waals surface area contributed by atoms with E-state index >= 15 is 0 Å². The molecule has 1 saturated carbocycles. The molecule has 3 rings (SSSR count). The number of pyridine rings is 1. The summed E-state index contributed by atoms with van der Waals surface area (Å²) in [5.41, 5.74) is 1.29. The van der Waals surface area contributed by atoms with Gasteiger partial charge in [0.1, 0.15) is 5.15 Å². The van der Waals surface area contributed by atoms with Crippen LogP contribution in [0.1, 0.15) is 37.7 Å². The molecule has 0 bridgehead atoms. The monoisotopic (exact) mass is 421 g/mol. The van der Waals surface area contributed by atoms with Crippen LogP contribution in [0.15, 0.2) is 47.5 Å². The molecule has 0 atom stereocenters. The van der Waals surface area contributed by atoms with Crippen molar-refractivity contribution in [2.75, 3.05) is 12.4 Å². The highest BCUT2D eigenvalue weighted by atomic mass is 35.5. The van der Waals surface area contributed by atoms with E-state index in [0.29, 0.717) is 10.8 Å². The molecule has 1 heterocycles. The van der Waals surface area contributed by atoms with Gasteiger partial charge in [-0.05, 0) is 48.7 Å². The van der Waals surface area contributed by atoms with Gasteiger partial charge in [-0.1, -0.05) is 36.9 Å². The molecule has 0 unspecified atom stereocenters. The molecule has 1 aliphatic rings. The van der Waals surface area contributed by atoms with Gasteiger partial charge < -0.3 is 5.32 Å². The molecule has 1 aliphatic carbocycles. The molecule has 0 radical (unpaired) electrons. The lowest BCUT2D eigenvalue weighted by Gasteiger charge is -2.30.